The molecule has 0 amide bonds. The second-order valence-electron chi connectivity index (χ2n) is 4.04. The highest BCUT2D eigenvalue weighted by Gasteiger charge is 2.09. The molecule has 19 heavy (non-hydrogen) atoms. The van der Waals surface area contributed by atoms with E-state index in [1.165, 1.54) is 6.92 Å². The normalized spacial score (nSPS) is 10.5. The van der Waals surface area contributed by atoms with Gasteiger partial charge in [-0.2, -0.15) is 0 Å². The van der Waals surface area contributed by atoms with Crippen molar-refractivity contribution in [2.24, 2.45) is 0 Å². The molecule has 0 fully saturated rings. The molecule has 0 saturated carbocycles. The van der Waals surface area contributed by atoms with Crippen LogP contribution in [-0.2, 0) is 13.0 Å². The fourth-order valence-electron chi connectivity index (χ4n) is 1.64. The van der Waals surface area contributed by atoms with Crippen molar-refractivity contribution in [3.05, 3.63) is 40.0 Å². The molecular weight excluding hydrogens is 310 g/mol. The lowest BCUT2D eigenvalue weighted by Gasteiger charge is -2.08. The molecule has 1 aromatic heterocycles. The van der Waals surface area contributed by atoms with Crippen molar-refractivity contribution in [3.8, 4) is 0 Å². The lowest BCUT2D eigenvalue weighted by molar-refractivity contribution is 0.101. The number of ketones is 1. The fourth-order valence-corrected chi connectivity index (χ4v) is 2.00. The minimum absolute atomic E-state index is 0.00331. The lowest BCUT2D eigenvalue weighted by Crippen LogP contribution is -2.05. The minimum atomic E-state index is 0.00331. The van der Waals surface area contributed by atoms with Gasteiger partial charge in [0.25, 0.3) is 0 Å². The maximum Gasteiger partial charge on any atom is 0.235 e. The van der Waals surface area contributed by atoms with Gasteiger partial charge in [-0.1, -0.05) is 22.9 Å². The number of Topliss-reactive ketones (excluding diaryl/α,β-unsaturated/α-hetero) is 1. The summed E-state index contributed by atoms with van der Waals surface area (Å²) in [7, 11) is 0. The van der Waals surface area contributed by atoms with Gasteiger partial charge >= 0.3 is 0 Å². The summed E-state index contributed by atoms with van der Waals surface area (Å²) < 4.78 is 6.27. The number of aryl methyl sites for hydroxylation is 1. The average Bonchev–Trinajstić information content (AvgIpc) is 2.85. The molecular formula is C13H14BrN3O2. The largest absolute Gasteiger partial charge is 0.423 e. The predicted octanol–water partition coefficient (Wildman–Crippen LogP) is 3.21. The average molecular weight is 324 g/mol. The van der Waals surface area contributed by atoms with Crippen LogP contribution in [0.3, 0.4) is 0 Å². The summed E-state index contributed by atoms with van der Waals surface area (Å²) in [5.41, 5.74) is 1.39. The summed E-state index contributed by atoms with van der Waals surface area (Å²) in [5, 5.41) is 10.9. The van der Waals surface area contributed by atoms with E-state index in [0.717, 1.165) is 10.2 Å². The maximum absolute atomic E-state index is 11.6. The number of aromatic nitrogens is 2. The second-order valence-corrected chi connectivity index (χ2v) is 4.96. The molecule has 2 aromatic rings. The van der Waals surface area contributed by atoms with E-state index in [9.17, 15) is 4.79 Å². The van der Waals surface area contributed by atoms with Gasteiger partial charge in [-0.05, 0) is 25.1 Å². The molecule has 0 spiro atoms. The molecule has 1 N–H and O–H groups in total. The highest BCUT2D eigenvalue weighted by Crippen LogP contribution is 2.22. The van der Waals surface area contributed by atoms with Crippen molar-refractivity contribution in [2.75, 3.05) is 5.32 Å². The van der Waals surface area contributed by atoms with Crippen LogP contribution in [0.4, 0.5) is 5.69 Å². The Morgan fingerprint density at radius 2 is 2.11 bits per heavy atom. The number of hydrogen-bond acceptors (Lipinski definition) is 5. The van der Waals surface area contributed by atoms with Gasteiger partial charge in [0, 0.05) is 22.1 Å². The van der Waals surface area contributed by atoms with Crippen molar-refractivity contribution in [1.82, 2.24) is 10.2 Å². The van der Waals surface area contributed by atoms with Crippen LogP contribution in [0.5, 0.6) is 0 Å². The SMILES string of the molecule is CCc1nnc(CNc2ccc(Br)cc2C(C)=O)o1. The van der Waals surface area contributed by atoms with Crippen molar-refractivity contribution in [3.63, 3.8) is 0 Å². The molecule has 0 aliphatic carbocycles. The van der Waals surface area contributed by atoms with Crippen LogP contribution in [0.15, 0.2) is 27.1 Å². The Kier molecular flexibility index (Phi) is 4.31. The molecule has 0 atom stereocenters. The minimum Gasteiger partial charge on any atom is -0.423 e. The first-order valence-electron chi connectivity index (χ1n) is 5.95. The Morgan fingerprint density at radius 1 is 1.37 bits per heavy atom. The molecule has 100 valence electrons. The van der Waals surface area contributed by atoms with Gasteiger partial charge in [-0.3, -0.25) is 4.79 Å². The third-order valence-electron chi connectivity index (χ3n) is 2.60. The Morgan fingerprint density at radius 3 is 2.74 bits per heavy atom. The van der Waals surface area contributed by atoms with Crippen LogP contribution in [0.25, 0.3) is 0 Å². The van der Waals surface area contributed by atoms with Crippen molar-refractivity contribution >= 4 is 27.4 Å². The molecule has 1 aromatic carbocycles. The van der Waals surface area contributed by atoms with E-state index in [-0.39, 0.29) is 5.78 Å². The van der Waals surface area contributed by atoms with Crippen LogP contribution < -0.4 is 5.32 Å². The van der Waals surface area contributed by atoms with Crippen LogP contribution in [0, 0.1) is 0 Å². The Bertz CT molecular complexity index is 595. The second kappa shape index (κ2) is 5.97. The van der Waals surface area contributed by atoms with Crippen LogP contribution in [0.1, 0.15) is 36.0 Å². The first-order chi connectivity index (χ1) is 9.10. The summed E-state index contributed by atoms with van der Waals surface area (Å²) >= 11 is 3.35. The number of benzene rings is 1. The van der Waals surface area contributed by atoms with Gasteiger partial charge in [0.2, 0.25) is 11.8 Å². The number of rotatable bonds is 5. The maximum atomic E-state index is 11.6. The molecule has 0 radical (unpaired) electrons. The molecule has 0 aliphatic rings. The first kappa shape index (κ1) is 13.7. The summed E-state index contributed by atoms with van der Waals surface area (Å²) in [6, 6.07) is 5.51. The smallest absolute Gasteiger partial charge is 0.235 e. The molecule has 0 unspecified atom stereocenters. The number of carbonyl (C=O) groups is 1. The third-order valence-corrected chi connectivity index (χ3v) is 3.10. The predicted molar refractivity (Wildman–Crippen MR) is 75.1 cm³/mol. The Labute approximate surface area is 119 Å². The summed E-state index contributed by atoms with van der Waals surface area (Å²) in [5.74, 6) is 1.12. The zero-order chi connectivity index (χ0) is 13.8. The van der Waals surface area contributed by atoms with Crippen molar-refractivity contribution in [1.29, 1.82) is 0 Å². The highest BCUT2D eigenvalue weighted by molar-refractivity contribution is 9.10. The number of hydrogen-bond donors (Lipinski definition) is 1. The van der Waals surface area contributed by atoms with E-state index in [2.05, 4.69) is 31.4 Å². The zero-order valence-electron chi connectivity index (χ0n) is 10.7. The quantitative estimate of drug-likeness (QED) is 0.856. The molecule has 1 heterocycles. The highest BCUT2D eigenvalue weighted by atomic mass is 79.9. The van der Waals surface area contributed by atoms with E-state index < -0.39 is 0 Å². The number of nitrogens with one attached hydrogen (secondary N) is 1. The van der Waals surface area contributed by atoms with Crippen LogP contribution >= 0.6 is 15.9 Å². The Balaban J connectivity index is 2.12. The standard InChI is InChI=1S/C13H14BrN3O2/c1-3-12-16-17-13(19-12)7-15-11-5-4-9(14)6-10(11)8(2)18/h4-6,15H,3,7H2,1-2H3. The van der Waals surface area contributed by atoms with E-state index in [0.29, 0.717) is 30.3 Å². The van der Waals surface area contributed by atoms with E-state index in [1.807, 2.05) is 19.1 Å². The van der Waals surface area contributed by atoms with Crippen LogP contribution in [0.2, 0.25) is 0 Å². The Hall–Kier alpha value is -1.69. The van der Waals surface area contributed by atoms with Crippen molar-refractivity contribution < 1.29 is 9.21 Å². The zero-order valence-corrected chi connectivity index (χ0v) is 12.3. The number of nitrogens with zero attached hydrogens (tertiary/aromatic N) is 2. The monoisotopic (exact) mass is 323 g/mol. The fraction of sp³-hybridized carbons (Fsp3) is 0.308. The van der Waals surface area contributed by atoms with E-state index in [1.54, 1.807) is 6.07 Å². The molecule has 0 aliphatic heterocycles. The number of carbonyl (C=O) groups excluding carboxylic acids is 1. The molecule has 0 saturated heterocycles. The first-order valence-corrected chi connectivity index (χ1v) is 6.75. The van der Waals surface area contributed by atoms with Crippen LogP contribution in [-0.4, -0.2) is 16.0 Å². The number of anilines is 1. The third kappa shape index (κ3) is 3.41. The number of halogens is 1. The lowest BCUT2D eigenvalue weighted by atomic mass is 10.1. The van der Waals surface area contributed by atoms with Gasteiger partial charge < -0.3 is 9.73 Å². The summed E-state index contributed by atoms with van der Waals surface area (Å²) in [6.45, 7) is 3.89. The molecule has 0 bridgehead atoms. The van der Waals surface area contributed by atoms with Gasteiger partial charge in [-0.25, -0.2) is 0 Å². The summed E-state index contributed by atoms with van der Waals surface area (Å²) in [6.07, 6.45) is 0.712. The van der Waals surface area contributed by atoms with E-state index >= 15 is 0 Å². The molecule has 6 heteroatoms. The van der Waals surface area contributed by atoms with E-state index in [4.69, 9.17) is 4.42 Å². The van der Waals surface area contributed by atoms with Gasteiger partial charge in [0.05, 0.1) is 6.54 Å². The topological polar surface area (TPSA) is 68.0 Å². The van der Waals surface area contributed by atoms with Gasteiger partial charge in [0.1, 0.15) is 0 Å². The molecule has 2 rings (SSSR count). The van der Waals surface area contributed by atoms with Gasteiger partial charge in [0.15, 0.2) is 5.78 Å². The summed E-state index contributed by atoms with van der Waals surface area (Å²) in [4.78, 5) is 11.6. The van der Waals surface area contributed by atoms with Gasteiger partial charge in [-0.15, -0.1) is 10.2 Å². The van der Waals surface area contributed by atoms with Crippen molar-refractivity contribution in [2.45, 2.75) is 26.8 Å². The molecule has 5 nitrogen and oxygen atoms in total.